The first-order chi connectivity index (χ1) is 10.2. The van der Waals surface area contributed by atoms with Crippen molar-refractivity contribution in [2.24, 2.45) is 5.73 Å². The number of hydrogen-bond donors (Lipinski definition) is 2. The van der Waals surface area contributed by atoms with Gasteiger partial charge in [0.25, 0.3) is 0 Å². The van der Waals surface area contributed by atoms with Crippen molar-refractivity contribution in [2.75, 3.05) is 19.8 Å². The van der Waals surface area contributed by atoms with Crippen molar-refractivity contribution in [3.8, 4) is 11.5 Å². The summed E-state index contributed by atoms with van der Waals surface area (Å²) in [4.78, 5) is 0. The summed E-state index contributed by atoms with van der Waals surface area (Å²) in [7, 11) is 0. The molecule has 114 valence electrons. The summed E-state index contributed by atoms with van der Waals surface area (Å²) in [6, 6.07) is 7.98. The molecular weight excluding hydrogens is 266 g/mol. The third-order valence-corrected chi connectivity index (χ3v) is 3.29. The van der Waals surface area contributed by atoms with E-state index in [0.717, 1.165) is 28.5 Å². The lowest BCUT2D eigenvalue weighted by molar-refractivity contribution is 0.287. The minimum atomic E-state index is 0.0461. The number of benzene rings is 1. The van der Waals surface area contributed by atoms with E-state index in [1.54, 1.807) is 0 Å². The Bertz CT molecular complexity index is 581. The predicted octanol–water partition coefficient (Wildman–Crippen LogP) is 2.61. The molecule has 2 aromatic rings. The average Bonchev–Trinajstić information content (AvgIpc) is 2.89. The van der Waals surface area contributed by atoms with Gasteiger partial charge < -0.3 is 15.2 Å². The first-order valence-electron chi connectivity index (χ1n) is 7.31. The van der Waals surface area contributed by atoms with Crippen molar-refractivity contribution < 1.29 is 9.47 Å². The van der Waals surface area contributed by atoms with Crippen LogP contribution in [0.3, 0.4) is 0 Å². The largest absolute Gasteiger partial charge is 0.490 e. The maximum absolute atomic E-state index is 5.94. The minimum absolute atomic E-state index is 0.0461. The molecule has 0 bridgehead atoms. The van der Waals surface area contributed by atoms with Crippen LogP contribution in [0.2, 0.25) is 0 Å². The highest BCUT2D eigenvalue weighted by Gasteiger charge is 2.17. The zero-order valence-corrected chi connectivity index (χ0v) is 12.8. The number of H-pyrrole nitrogens is 1. The second kappa shape index (κ2) is 7.13. The fourth-order valence-electron chi connectivity index (χ4n) is 2.33. The molecule has 0 saturated carbocycles. The molecule has 1 aromatic carbocycles. The predicted molar refractivity (Wildman–Crippen MR) is 83.0 cm³/mol. The summed E-state index contributed by atoms with van der Waals surface area (Å²) in [5.41, 5.74) is 8.99. The van der Waals surface area contributed by atoms with Gasteiger partial charge in [-0.2, -0.15) is 5.10 Å². The van der Waals surface area contributed by atoms with Crippen molar-refractivity contribution in [3.63, 3.8) is 0 Å². The molecule has 0 amide bonds. The summed E-state index contributed by atoms with van der Waals surface area (Å²) < 4.78 is 11.3. The van der Waals surface area contributed by atoms with Gasteiger partial charge in [0, 0.05) is 18.2 Å². The molecule has 21 heavy (non-hydrogen) atoms. The fraction of sp³-hybridized carbons (Fsp3) is 0.438. The lowest BCUT2D eigenvalue weighted by Crippen LogP contribution is -2.14. The highest BCUT2D eigenvalue weighted by atomic mass is 16.5. The molecule has 0 aliphatic heterocycles. The van der Waals surface area contributed by atoms with Crippen LogP contribution < -0.4 is 15.2 Å². The van der Waals surface area contributed by atoms with Crippen LogP contribution in [0.1, 0.15) is 36.7 Å². The molecule has 0 saturated heterocycles. The van der Waals surface area contributed by atoms with E-state index in [0.29, 0.717) is 19.8 Å². The number of rotatable bonds is 7. The molecule has 0 aliphatic rings. The smallest absolute Gasteiger partial charge is 0.161 e. The van der Waals surface area contributed by atoms with Crippen LogP contribution in [0.4, 0.5) is 0 Å². The van der Waals surface area contributed by atoms with Gasteiger partial charge >= 0.3 is 0 Å². The molecule has 5 nitrogen and oxygen atoms in total. The normalized spacial score (nSPS) is 12.2. The fourth-order valence-corrected chi connectivity index (χ4v) is 2.33. The lowest BCUT2D eigenvalue weighted by Gasteiger charge is -2.16. The van der Waals surface area contributed by atoms with E-state index in [2.05, 4.69) is 10.2 Å². The molecular formula is C16H23N3O2. The van der Waals surface area contributed by atoms with Crippen molar-refractivity contribution in [1.29, 1.82) is 0 Å². The van der Waals surface area contributed by atoms with Crippen molar-refractivity contribution in [2.45, 2.75) is 26.7 Å². The third-order valence-electron chi connectivity index (χ3n) is 3.29. The summed E-state index contributed by atoms with van der Waals surface area (Å²) in [6.07, 6.45) is 0. The summed E-state index contributed by atoms with van der Waals surface area (Å²) in [6.45, 7) is 7.59. The van der Waals surface area contributed by atoms with Gasteiger partial charge in [0.1, 0.15) is 0 Å². The molecule has 2 rings (SSSR count). The van der Waals surface area contributed by atoms with Crippen LogP contribution in [0, 0.1) is 6.92 Å². The van der Waals surface area contributed by atoms with Crippen LogP contribution in [-0.2, 0) is 0 Å². The molecule has 0 aliphatic carbocycles. The van der Waals surface area contributed by atoms with Crippen LogP contribution in [0.25, 0.3) is 0 Å². The van der Waals surface area contributed by atoms with Gasteiger partial charge in [-0.25, -0.2) is 0 Å². The van der Waals surface area contributed by atoms with Gasteiger partial charge in [-0.3, -0.25) is 5.10 Å². The standard InChI is InChI=1S/C16H23N3O2/c1-4-20-15-7-6-12(9-16(15)21-5-2)13(10-17)14-8-11(3)18-19-14/h6-9,13H,4-5,10,17H2,1-3H3,(H,18,19). The molecule has 3 N–H and O–H groups in total. The Kier molecular flexibility index (Phi) is 5.22. The van der Waals surface area contributed by atoms with Crippen molar-refractivity contribution in [1.82, 2.24) is 10.2 Å². The number of nitrogens with two attached hydrogens (primary N) is 1. The zero-order chi connectivity index (χ0) is 15.2. The van der Waals surface area contributed by atoms with E-state index in [1.165, 1.54) is 0 Å². The van der Waals surface area contributed by atoms with Gasteiger partial charge in [-0.15, -0.1) is 0 Å². The highest BCUT2D eigenvalue weighted by molar-refractivity contribution is 5.45. The Labute approximate surface area is 125 Å². The van der Waals surface area contributed by atoms with E-state index in [1.807, 2.05) is 45.0 Å². The van der Waals surface area contributed by atoms with Gasteiger partial charge in [0.05, 0.1) is 18.9 Å². The monoisotopic (exact) mass is 289 g/mol. The highest BCUT2D eigenvalue weighted by Crippen LogP contribution is 2.33. The summed E-state index contributed by atoms with van der Waals surface area (Å²) in [5.74, 6) is 1.56. The lowest BCUT2D eigenvalue weighted by atomic mass is 9.95. The van der Waals surface area contributed by atoms with Crippen molar-refractivity contribution in [3.05, 3.63) is 41.2 Å². The Morgan fingerprint density at radius 1 is 1.14 bits per heavy atom. The Balaban J connectivity index is 2.35. The Morgan fingerprint density at radius 2 is 1.86 bits per heavy atom. The molecule has 1 heterocycles. The first-order valence-corrected chi connectivity index (χ1v) is 7.31. The van der Waals surface area contributed by atoms with Gasteiger partial charge in [-0.05, 0) is 44.5 Å². The third kappa shape index (κ3) is 3.55. The van der Waals surface area contributed by atoms with Crippen LogP contribution in [0.5, 0.6) is 11.5 Å². The van der Waals surface area contributed by atoms with Gasteiger partial charge in [-0.1, -0.05) is 6.07 Å². The molecule has 1 unspecified atom stereocenters. The first kappa shape index (κ1) is 15.4. The van der Waals surface area contributed by atoms with Gasteiger partial charge in [0.2, 0.25) is 0 Å². The average molecular weight is 289 g/mol. The van der Waals surface area contributed by atoms with E-state index < -0.39 is 0 Å². The zero-order valence-electron chi connectivity index (χ0n) is 12.8. The number of aromatic amines is 1. The molecule has 0 radical (unpaired) electrons. The molecule has 0 spiro atoms. The van der Waals surface area contributed by atoms with E-state index in [9.17, 15) is 0 Å². The topological polar surface area (TPSA) is 73.2 Å². The molecule has 1 aromatic heterocycles. The second-order valence-electron chi connectivity index (χ2n) is 4.84. The minimum Gasteiger partial charge on any atom is -0.490 e. The van der Waals surface area contributed by atoms with E-state index in [4.69, 9.17) is 15.2 Å². The number of hydrogen-bond acceptors (Lipinski definition) is 4. The maximum atomic E-state index is 5.94. The quantitative estimate of drug-likeness (QED) is 0.821. The second-order valence-corrected chi connectivity index (χ2v) is 4.84. The summed E-state index contributed by atoms with van der Waals surface area (Å²) in [5, 5.41) is 7.28. The Morgan fingerprint density at radius 3 is 2.43 bits per heavy atom. The van der Waals surface area contributed by atoms with E-state index in [-0.39, 0.29) is 5.92 Å². The maximum Gasteiger partial charge on any atom is 0.161 e. The van der Waals surface area contributed by atoms with Crippen LogP contribution in [-0.4, -0.2) is 30.0 Å². The number of aromatic nitrogens is 2. The molecule has 5 heteroatoms. The number of aryl methyl sites for hydroxylation is 1. The number of ether oxygens (including phenoxy) is 2. The van der Waals surface area contributed by atoms with Crippen LogP contribution >= 0.6 is 0 Å². The molecule has 1 atom stereocenters. The van der Waals surface area contributed by atoms with Crippen LogP contribution in [0.15, 0.2) is 24.3 Å². The van der Waals surface area contributed by atoms with Crippen molar-refractivity contribution >= 4 is 0 Å². The SMILES string of the molecule is CCOc1ccc(C(CN)c2cc(C)[nH]n2)cc1OCC. The molecule has 0 fully saturated rings. The summed E-state index contributed by atoms with van der Waals surface area (Å²) >= 11 is 0. The number of nitrogens with one attached hydrogen (secondary N) is 1. The van der Waals surface area contributed by atoms with Gasteiger partial charge in [0.15, 0.2) is 11.5 Å². The van der Waals surface area contributed by atoms with E-state index >= 15 is 0 Å². The number of nitrogens with zero attached hydrogens (tertiary/aromatic N) is 1. The Hall–Kier alpha value is -2.01.